The van der Waals surface area contributed by atoms with Gasteiger partial charge >= 0.3 is 5.97 Å². The minimum Gasteiger partial charge on any atom is -0.481 e. The lowest BCUT2D eigenvalue weighted by atomic mass is 9.93. The number of aliphatic carboxylic acids is 1. The highest BCUT2D eigenvalue weighted by molar-refractivity contribution is 5.94. The summed E-state index contributed by atoms with van der Waals surface area (Å²) in [7, 11) is 0. The number of carbonyl (C=O) groups is 3. The minimum atomic E-state index is -0.780. The first kappa shape index (κ1) is 18.4. The zero-order valence-electron chi connectivity index (χ0n) is 15.0. The second-order valence-corrected chi connectivity index (χ2v) is 7.31. The van der Waals surface area contributed by atoms with Gasteiger partial charge in [0.15, 0.2) is 0 Å². The summed E-state index contributed by atoms with van der Waals surface area (Å²) < 4.78 is 0. The number of hydrogen-bond acceptors (Lipinski definition) is 3. The molecule has 26 heavy (non-hydrogen) atoms. The molecule has 3 rings (SSSR count). The number of likely N-dealkylation sites (tertiary alicyclic amines) is 2. The maximum atomic E-state index is 12.9. The van der Waals surface area contributed by atoms with Crippen LogP contribution in [0.2, 0.25) is 0 Å². The van der Waals surface area contributed by atoms with Crippen LogP contribution in [0, 0.1) is 5.92 Å². The van der Waals surface area contributed by atoms with Crippen molar-refractivity contribution in [2.45, 2.75) is 45.1 Å². The fourth-order valence-corrected chi connectivity index (χ4v) is 3.89. The third-order valence-corrected chi connectivity index (χ3v) is 5.29. The van der Waals surface area contributed by atoms with Gasteiger partial charge in [0.05, 0.1) is 0 Å². The molecule has 0 saturated carbocycles. The average Bonchev–Trinajstić information content (AvgIpc) is 3.04. The highest BCUT2D eigenvalue weighted by Crippen LogP contribution is 2.23. The quantitative estimate of drug-likeness (QED) is 0.848. The second kappa shape index (κ2) is 8.34. The van der Waals surface area contributed by atoms with E-state index < -0.39 is 5.97 Å². The predicted octanol–water partition coefficient (Wildman–Crippen LogP) is 2.53. The maximum absolute atomic E-state index is 12.9. The number of carboxylic acid groups (broad SMARTS) is 1. The van der Waals surface area contributed by atoms with E-state index in [0.29, 0.717) is 31.5 Å². The van der Waals surface area contributed by atoms with E-state index in [-0.39, 0.29) is 24.2 Å². The van der Waals surface area contributed by atoms with Crippen LogP contribution in [0.1, 0.15) is 54.4 Å². The highest BCUT2D eigenvalue weighted by atomic mass is 16.4. The van der Waals surface area contributed by atoms with Crippen LogP contribution >= 0.6 is 0 Å². The smallest absolute Gasteiger partial charge is 0.303 e. The summed E-state index contributed by atoms with van der Waals surface area (Å²) in [6.45, 7) is 2.69. The number of carboxylic acids is 1. The van der Waals surface area contributed by atoms with Crippen LogP contribution in [0.15, 0.2) is 24.3 Å². The lowest BCUT2D eigenvalue weighted by Gasteiger charge is -2.32. The second-order valence-electron chi connectivity index (χ2n) is 7.31. The molecule has 0 aromatic heterocycles. The van der Waals surface area contributed by atoms with Crippen molar-refractivity contribution in [3.8, 4) is 0 Å². The summed E-state index contributed by atoms with van der Waals surface area (Å²) >= 11 is 0. The highest BCUT2D eigenvalue weighted by Gasteiger charge is 2.25. The van der Waals surface area contributed by atoms with Gasteiger partial charge in [-0.25, -0.2) is 0 Å². The molecule has 1 aromatic rings. The van der Waals surface area contributed by atoms with Crippen LogP contribution in [0.3, 0.4) is 0 Å². The predicted molar refractivity (Wildman–Crippen MR) is 96.6 cm³/mol. The molecule has 2 aliphatic rings. The van der Waals surface area contributed by atoms with E-state index in [1.807, 2.05) is 34.1 Å². The first-order chi connectivity index (χ1) is 12.5. The largest absolute Gasteiger partial charge is 0.481 e. The van der Waals surface area contributed by atoms with Crippen LogP contribution in [0.4, 0.5) is 0 Å². The standard InChI is InChI=1S/C20H26N2O4/c23-18-7-3-10-21(18)14-16-4-1-6-17(12-16)20(26)22-11-2-5-15(13-22)8-9-19(24)25/h1,4,6,12,15H,2-3,5,7-11,13-14H2,(H,24,25). The Morgan fingerprint density at radius 2 is 2.04 bits per heavy atom. The number of rotatable bonds is 6. The van der Waals surface area contributed by atoms with Gasteiger partial charge in [0.25, 0.3) is 5.91 Å². The van der Waals surface area contributed by atoms with Crippen molar-refractivity contribution in [3.05, 3.63) is 35.4 Å². The van der Waals surface area contributed by atoms with Crippen LogP contribution in [-0.2, 0) is 16.1 Å². The molecule has 6 heteroatoms. The van der Waals surface area contributed by atoms with Crippen LogP contribution in [-0.4, -0.2) is 52.3 Å². The SMILES string of the molecule is O=C(O)CCC1CCCN(C(=O)c2cccc(CN3CCCC3=O)c2)C1. The Bertz CT molecular complexity index is 688. The number of benzene rings is 1. The normalized spacial score (nSPS) is 20.5. The van der Waals surface area contributed by atoms with Crippen LogP contribution in [0.25, 0.3) is 0 Å². The molecule has 0 radical (unpaired) electrons. The molecule has 1 aromatic carbocycles. The third kappa shape index (κ3) is 4.62. The van der Waals surface area contributed by atoms with E-state index in [2.05, 4.69) is 0 Å². The number of piperidine rings is 1. The van der Waals surface area contributed by atoms with Gasteiger partial charge < -0.3 is 14.9 Å². The van der Waals surface area contributed by atoms with Crippen molar-refractivity contribution in [1.29, 1.82) is 0 Å². The molecule has 1 N–H and O–H groups in total. The Kier molecular flexibility index (Phi) is 5.91. The summed E-state index contributed by atoms with van der Waals surface area (Å²) in [5.41, 5.74) is 1.62. The van der Waals surface area contributed by atoms with E-state index >= 15 is 0 Å². The molecule has 0 aliphatic carbocycles. The number of amides is 2. The Labute approximate surface area is 153 Å². The molecule has 2 heterocycles. The lowest BCUT2D eigenvalue weighted by Crippen LogP contribution is -2.40. The lowest BCUT2D eigenvalue weighted by molar-refractivity contribution is -0.137. The van der Waals surface area contributed by atoms with Gasteiger partial charge in [-0.2, -0.15) is 0 Å². The van der Waals surface area contributed by atoms with Crippen molar-refractivity contribution < 1.29 is 19.5 Å². The molecular formula is C20H26N2O4. The number of nitrogens with zero attached hydrogens (tertiary/aromatic N) is 2. The molecule has 0 spiro atoms. The van der Waals surface area contributed by atoms with Crippen molar-refractivity contribution in [1.82, 2.24) is 9.80 Å². The topological polar surface area (TPSA) is 77.9 Å². The van der Waals surface area contributed by atoms with Gasteiger partial charge in [-0.1, -0.05) is 12.1 Å². The van der Waals surface area contributed by atoms with Gasteiger partial charge in [-0.3, -0.25) is 14.4 Å². The molecule has 2 aliphatic heterocycles. The monoisotopic (exact) mass is 358 g/mol. The zero-order chi connectivity index (χ0) is 18.5. The van der Waals surface area contributed by atoms with Crippen molar-refractivity contribution >= 4 is 17.8 Å². The summed E-state index contributed by atoms with van der Waals surface area (Å²) in [6, 6.07) is 7.52. The Balaban J connectivity index is 1.62. The molecule has 0 bridgehead atoms. The molecule has 140 valence electrons. The minimum absolute atomic E-state index is 0.000349. The van der Waals surface area contributed by atoms with E-state index in [0.717, 1.165) is 37.9 Å². The fraction of sp³-hybridized carbons (Fsp3) is 0.550. The summed E-state index contributed by atoms with van der Waals surface area (Å²) in [4.78, 5) is 39.1. The maximum Gasteiger partial charge on any atom is 0.303 e. The van der Waals surface area contributed by atoms with Crippen LogP contribution < -0.4 is 0 Å². The van der Waals surface area contributed by atoms with Gasteiger partial charge in [-0.05, 0) is 49.3 Å². The molecule has 2 saturated heterocycles. The Hall–Kier alpha value is -2.37. The van der Waals surface area contributed by atoms with Crippen molar-refractivity contribution in [2.75, 3.05) is 19.6 Å². The zero-order valence-corrected chi connectivity index (χ0v) is 15.0. The van der Waals surface area contributed by atoms with E-state index in [1.165, 1.54) is 0 Å². The first-order valence-corrected chi connectivity index (χ1v) is 9.40. The van der Waals surface area contributed by atoms with Crippen molar-refractivity contribution in [3.63, 3.8) is 0 Å². The summed E-state index contributed by atoms with van der Waals surface area (Å²) in [5.74, 6) is -0.342. The number of carbonyl (C=O) groups excluding carboxylic acids is 2. The molecular weight excluding hydrogens is 332 g/mol. The van der Waals surface area contributed by atoms with Gasteiger partial charge in [-0.15, -0.1) is 0 Å². The fourth-order valence-electron chi connectivity index (χ4n) is 3.89. The Morgan fingerprint density at radius 3 is 2.77 bits per heavy atom. The van der Waals surface area contributed by atoms with E-state index in [4.69, 9.17) is 5.11 Å². The van der Waals surface area contributed by atoms with Gasteiger partial charge in [0.2, 0.25) is 5.91 Å². The van der Waals surface area contributed by atoms with E-state index in [9.17, 15) is 14.4 Å². The summed E-state index contributed by atoms with van der Waals surface area (Å²) in [5, 5.41) is 8.85. The molecule has 1 unspecified atom stereocenters. The van der Waals surface area contributed by atoms with Crippen molar-refractivity contribution in [2.24, 2.45) is 5.92 Å². The summed E-state index contributed by atoms with van der Waals surface area (Å²) in [6.07, 6.45) is 4.20. The van der Waals surface area contributed by atoms with E-state index in [1.54, 1.807) is 0 Å². The third-order valence-electron chi connectivity index (χ3n) is 5.29. The van der Waals surface area contributed by atoms with Gasteiger partial charge in [0, 0.05) is 44.6 Å². The molecule has 2 fully saturated rings. The Morgan fingerprint density at radius 1 is 1.19 bits per heavy atom. The molecule has 1 atom stereocenters. The average molecular weight is 358 g/mol. The first-order valence-electron chi connectivity index (χ1n) is 9.40. The molecule has 2 amide bonds. The van der Waals surface area contributed by atoms with Gasteiger partial charge in [0.1, 0.15) is 0 Å². The van der Waals surface area contributed by atoms with Crippen LogP contribution in [0.5, 0.6) is 0 Å². The number of hydrogen-bond donors (Lipinski definition) is 1. The molecule has 6 nitrogen and oxygen atoms in total.